The van der Waals surface area contributed by atoms with Crippen molar-refractivity contribution in [3.05, 3.63) is 35.4 Å². The van der Waals surface area contributed by atoms with Gasteiger partial charge in [0.05, 0.1) is 11.1 Å². The number of carbonyl (C=O) groups is 1. The van der Waals surface area contributed by atoms with E-state index in [2.05, 4.69) is 11.1 Å². The number of pyridine rings is 1. The number of hydrogen-bond donors (Lipinski definition) is 0. The molecule has 0 atom stereocenters. The van der Waals surface area contributed by atoms with Crippen LogP contribution in [0, 0.1) is 11.2 Å². The van der Waals surface area contributed by atoms with Gasteiger partial charge in [-0.25, -0.2) is 14.2 Å². The number of hydrogen-bond acceptors (Lipinski definition) is 3. The molecule has 0 aromatic carbocycles. The summed E-state index contributed by atoms with van der Waals surface area (Å²) >= 11 is 0. The van der Waals surface area contributed by atoms with E-state index in [1.807, 2.05) is 26.8 Å². The predicted octanol–water partition coefficient (Wildman–Crippen LogP) is 4.13. The molecule has 1 aliphatic heterocycles. The van der Waals surface area contributed by atoms with Gasteiger partial charge in [0, 0.05) is 31.7 Å². The molecule has 1 saturated heterocycles. The van der Waals surface area contributed by atoms with Crippen LogP contribution in [0.3, 0.4) is 0 Å². The highest BCUT2D eigenvalue weighted by atomic mass is 19.1. The lowest BCUT2D eigenvalue weighted by molar-refractivity contribution is -0.0498. The zero-order chi connectivity index (χ0) is 18.7. The van der Waals surface area contributed by atoms with Crippen LogP contribution in [0.25, 0.3) is 17.1 Å². The summed E-state index contributed by atoms with van der Waals surface area (Å²) in [6.45, 7) is 7.16. The van der Waals surface area contributed by atoms with Crippen LogP contribution in [0.1, 0.15) is 39.3 Å². The molecular formula is C20H24FN3O2. The Hall–Kier alpha value is -2.37. The number of allylic oxidation sites excluding steroid dienone is 1. The normalized spacial score (nSPS) is 18.7. The molecule has 3 heterocycles. The summed E-state index contributed by atoms with van der Waals surface area (Å²) in [6, 6.07) is 3.64. The summed E-state index contributed by atoms with van der Waals surface area (Å²) in [6.07, 6.45) is 5.28. The third-order valence-corrected chi connectivity index (χ3v) is 5.06. The largest absolute Gasteiger partial charge is 0.444 e. The van der Waals surface area contributed by atoms with Crippen molar-refractivity contribution in [1.82, 2.24) is 14.5 Å². The quantitative estimate of drug-likeness (QED) is 0.771. The standard InChI is InChI=1S/C20H24FN3O2/c1-19(2,3)26-18(25)24-11-20(12-24)8-13(9-20)7-14-5-6-15-16(21)10-23(4)17(15)22-14/h5-7,10H,8-9,11-12H2,1-4H3. The fraction of sp³-hybridized carbons (Fsp3) is 0.500. The average molecular weight is 357 g/mol. The molecule has 6 heteroatoms. The first-order chi connectivity index (χ1) is 12.1. The summed E-state index contributed by atoms with van der Waals surface area (Å²) in [5.74, 6) is -0.242. The van der Waals surface area contributed by atoms with Gasteiger partial charge in [-0.1, -0.05) is 5.57 Å². The molecule has 5 nitrogen and oxygen atoms in total. The molecule has 138 valence electrons. The Balaban J connectivity index is 1.38. The highest BCUT2D eigenvalue weighted by molar-refractivity contribution is 5.78. The fourth-order valence-corrected chi connectivity index (χ4v) is 3.96. The molecule has 2 fully saturated rings. The molecule has 1 spiro atoms. The van der Waals surface area contributed by atoms with Crippen LogP contribution in [0.4, 0.5) is 9.18 Å². The maximum atomic E-state index is 13.7. The molecule has 2 aromatic heterocycles. The molecule has 0 bridgehead atoms. The number of carbonyl (C=O) groups excluding carboxylic acids is 1. The van der Waals surface area contributed by atoms with Crippen LogP contribution in [0.2, 0.25) is 0 Å². The third kappa shape index (κ3) is 2.97. The maximum Gasteiger partial charge on any atom is 0.410 e. The lowest BCUT2D eigenvalue weighted by Crippen LogP contribution is -2.62. The van der Waals surface area contributed by atoms with Gasteiger partial charge in [-0.05, 0) is 51.8 Å². The van der Waals surface area contributed by atoms with Gasteiger partial charge in [0.25, 0.3) is 0 Å². The number of ether oxygens (including phenoxy) is 1. The summed E-state index contributed by atoms with van der Waals surface area (Å²) in [4.78, 5) is 18.4. The van der Waals surface area contributed by atoms with Crippen LogP contribution in [0.15, 0.2) is 23.9 Å². The van der Waals surface area contributed by atoms with E-state index < -0.39 is 5.60 Å². The predicted molar refractivity (Wildman–Crippen MR) is 98.1 cm³/mol. The van der Waals surface area contributed by atoms with E-state index >= 15 is 0 Å². The van der Waals surface area contributed by atoms with E-state index in [0.717, 1.165) is 31.6 Å². The van der Waals surface area contributed by atoms with Gasteiger partial charge >= 0.3 is 6.09 Å². The molecular weight excluding hydrogens is 333 g/mol. The number of nitrogens with zero attached hydrogens (tertiary/aromatic N) is 3. The van der Waals surface area contributed by atoms with E-state index in [-0.39, 0.29) is 17.3 Å². The molecule has 1 saturated carbocycles. The van der Waals surface area contributed by atoms with Crippen LogP contribution < -0.4 is 0 Å². The molecule has 2 aromatic rings. The van der Waals surface area contributed by atoms with Crippen LogP contribution >= 0.6 is 0 Å². The summed E-state index contributed by atoms with van der Waals surface area (Å²) in [5, 5.41) is 0.548. The van der Waals surface area contributed by atoms with Gasteiger partial charge in [0.1, 0.15) is 17.1 Å². The second kappa shape index (κ2) is 5.56. The van der Waals surface area contributed by atoms with E-state index in [1.54, 1.807) is 22.6 Å². The molecule has 1 amide bonds. The lowest BCUT2D eigenvalue weighted by Gasteiger charge is -2.56. The van der Waals surface area contributed by atoms with Gasteiger partial charge < -0.3 is 14.2 Å². The Labute approximate surface area is 152 Å². The maximum absolute atomic E-state index is 13.7. The monoisotopic (exact) mass is 357 g/mol. The Morgan fingerprint density at radius 3 is 2.65 bits per heavy atom. The van der Waals surface area contributed by atoms with E-state index in [0.29, 0.717) is 11.0 Å². The van der Waals surface area contributed by atoms with Gasteiger partial charge in [-0.15, -0.1) is 0 Å². The second-order valence-corrected chi connectivity index (χ2v) is 8.69. The first-order valence-electron chi connectivity index (χ1n) is 8.93. The Kier molecular flexibility index (Phi) is 3.65. The van der Waals surface area contributed by atoms with Crippen molar-refractivity contribution in [1.29, 1.82) is 0 Å². The zero-order valence-electron chi connectivity index (χ0n) is 15.7. The molecule has 0 N–H and O–H groups in total. The van der Waals surface area contributed by atoms with Gasteiger partial charge in [-0.2, -0.15) is 0 Å². The number of likely N-dealkylation sites (tertiary alicyclic amines) is 1. The Morgan fingerprint density at radius 1 is 1.31 bits per heavy atom. The second-order valence-electron chi connectivity index (χ2n) is 8.69. The van der Waals surface area contributed by atoms with Crippen LogP contribution in [0.5, 0.6) is 0 Å². The number of fused-ring (bicyclic) bond motifs is 1. The smallest absolute Gasteiger partial charge is 0.410 e. The number of aryl methyl sites for hydroxylation is 1. The van der Waals surface area contributed by atoms with E-state index in [9.17, 15) is 9.18 Å². The number of rotatable bonds is 1. The minimum atomic E-state index is -0.453. The van der Waals surface area contributed by atoms with Crippen molar-refractivity contribution < 1.29 is 13.9 Å². The SMILES string of the molecule is Cn1cc(F)c2ccc(C=C3CC4(C3)CN(C(=O)OC(C)(C)C)C4)nc21. The third-order valence-electron chi connectivity index (χ3n) is 5.06. The topological polar surface area (TPSA) is 47.4 Å². The highest BCUT2D eigenvalue weighted by Crippen LogP contribution is 2.52. The molecule has 2 aliphatic rings. The molecule has 26 heavy (non-hydrogen) atoms. The molecule has 0 radical (unpaired) electrons. The number of amides is 1. The minimum absolute atomic E-state index is 0.212. The van der Waals surface area contributed by atoms with Gasteiger partial charge in [0.15, 0.2) is 0 Å². The minimum Gasteiger partial charge on any atom is -0.444 e. The van der Waals surface area contributed by atoms with Crippen molar-refractivity contribution >= 4 is 23.2 Å². The lowest BCUT2D eigenvalue weighted by atomic mass is 9.60. The van der Waals surface area contributed by atoms with Crippen molar-refractivity contribution in [2.45, 2.75) is 39.2 Å². The van der Waals surface area contributed by atoms with Crippen molar-refractivity contribution in [2.75, 3.05) is 13.1 Å². The first kappa shape index (κ1) is 17.1. The van der Waals surface area contributed by atoms with Crippen molar-refractivity contribution in [3.8, 4) is 0 Å². The fourth-order valence-electron chi connectivity index (χ4n) is 3.96. The Morgan fingerprint density at radius 2 is 2.00 bits per heavy atom. The first-order valence-corrected chi connectivity index (χ1v) is 8.93. The zero-order valence-corrected chi connectivity index (χ0v) is 15.7. The van der Waals surface area contributed by atoms with Crippen LogP contribution in [-0.4, -0.2) is 39.2 Å². The van der Waals surface area contributed by atoms with Crippen LogP contribution in [-0.2, 0) is 11.8 Å². The summed E-state index contributed by atoms with van der Waals surface area (Å²) in [5.41, 5.74) is 2.60. The molecule has 0 unspecified atom stereocenters. The van der Waals surface area contributed by atoms with E-state index in [1.165, 1.54) is 11.8 Å². The van der Waals surface area contributed by atoms with Gasteiger partial charge in [-0.3, -0.25) is 0 Å². The summed E-state index contributed by atoms with van der Waals surface area (Å²) < 4.78 is 20.8. The molecule has 1 aliphatic carbocycles. The number of aromatic nitrogens is 2. The van der Waals surface area contributed by atoms with E-state index in [4.69, 9.17) is 4.74 Å². The highest BCUT2D eigenvalue weighted by Gasteiger charge is 2.52. The summed E-state index contributed by atoms with van der Waals surface area (Å²) in [7, 11) is 1.80. The van der Waals surface area contributed by atoms with Crippen molar-refractivity contribution in [2.24, 2.45) is 12.5 Å². The number of halogens is 1. The average Bonchev–Trinajstić information content (AvgIpc) is 2.73. The Bertz CT molecular complexity index is 907. The van der Waals surface area contributed by atoms with Gasteiger partial charge in [0.2, 0.25) is 0 Å². The molecule has 4 rings (SSSR count). The van der Waals surface area contributed by atoms with Crippen molar-refractivity contribution in [3.63, 3.8) is 0 Å².